The number of benzene rings is 2. The highest BCUT2D eigenvalue weighted by Crippen LogP contribution is 2.34. The first kappa shape index (κ1) is 25.8. The topological polar surface area (TPSA) is 77.1 Å². The van der Waals surface area contributed by atoms with Crippen molar-refractivity contribution < 1.29 is 28.2 Å². The van der Waals surface area contributed by atoms with Gasteiger partial charge in [0.05, 0.1) is 20.8 Å². The molecule has 2 aliphatic heterocycles. The van der Waals surface area contributed by atoms with Gasteiger partial charge in [-0.05, 0) is 74.1 Å². The Balaban J connectivity index is 1.34. The lowest BCUT2D eigenvalue weighted by atomic mass is 9.84. The van der Waals surface area contributed by atoms with Gasteiger partial charge in [0.15, 0.2) is 11.5 Å². The van der Waals surface area contributed by atoms with Crippen molar-refractivity contribution in [2.24, 2.45) is 5.92 Å². The number of piperidine rings is 1. The molecule has 0 unspecified atom stereocenters. The monoisotopic (exact) mass is 498 g/mol. The van der Waals surface area contributed by atoms with Gasteiger partial charge in [-0.15, -0.1) is 0 Å². The van der Waals surface area contributed by atoms with Gasteiger partial charge < -0.3 is 24.4 Å². The van der Waals surface area contributed by atoms with Crippen LogP contribution in [0.4, 0.5) is 4.39 Å². The van der Waals surface area contributed by atoms with Crippen molar-refractivity contribution in [2.75, 3.05) is 33.9 Å². The predicted octanol–water partition coefficient (Wildman–Crippen LogP) is 4.13. The maximum Gasteiger partial charge on any atom is 0.222 e. The molecule has 1 N–H and O–H groups in total. The molecule has 2 fully saturated rings. The van der Waals surface area contributed by atoms with Crippen LogP contribution in [0.3, 0.4) is 0 Å². The fourth-order valence-electron chi connectivity index (χ4n) is 5.24. The number of amides is 2. The zero-order chi connectivity index (χ0) is 25.5. The van der Waals surface area contributed by atoms with Gasteiger partial charge in [0, 0.05) is 37.4 Å². The Hall–Kier alpha value is -3.29. The van der Waals surface area contributed by atoms with E-state index in [1.54, 1.807) is 26.4 Å². The van der Waals surface area contributed by atoms with Crippen molar-refractivity contribution in [3.63, 3.8) is 0 Å². The molecule has 36 heavy (non-hydrogen) atoms. The summed E-state index contributed by atoms with van der Waals surface area (Å²) in [6, 6.07) is 11.8. The molecule has 0 bridgehead atoms. The minimum atomic E-state index is -0.451. The molecule has 0 spiro atoms. The van der Waals surface area contributed by atoms with Crippen LogP contribution in [-0.4, -0.2) is 56.2 Å². The number of ether oxygens (including phenoxy) is 3. The lowest BCUT2D eigenvalue weighted by molar-refractivity contribution is -0.134. The quantitative estimate of drug-likeness (QED) is 0.533. The summed E-state index contributed by atoms with van der Waals surface area (Å²) in [6.07, 6.45) is 4.66. The molecule has 8 heteroatoms. The minimum absolute atomic E-state index is 0.0268. The van der Waals surface area contributed by atoms with Crippen LogP contribution in [0.5, 0.6) is 17.2 Å². The molecule has 2 atom stereocenters. The van der Waals surface area contributed by atoms with Crippen LogP contribution < -0.4 is 19.5 Å². The second-order valence-corrected chi connectivity index (χ2v) is 9.81. The smallest absolute Gasteiger partial charge is 0.222 e. The van der Waals surface area contributed by atoms with Crippen LogP contribution in [0.2, 0.25) is 0 Å². The third-order valence-electron chi connectivity index (χ3n) is 7.21. The highest BCUT2D eigenvalue weighted by Gasteiger charge is 2.38. The van der Waals surface area contributed by atoms with Gasteiger partial charge in [0.2, 0.25) is 11.8 Å². The molecule has 0 saturated carbocycles. The van der Waals surface area contributed by atoms with Crippen LogP contribution in [0.25, 0.3) is 0 Å². The lowest BCUT2D eigenvalue weighted by Gasteiger charge is -2.34. The van der Waals surface area contributed by atoms with Crippen LogP contribution in [-0.2, 0) is 16.0 Å². The third kappa shape index (κ3) is 6.47. The minimum Gasteiger partial charge on any atom is -0.493 e. The number of nitrogens with zero attached hydrogens (tertiary/aromatic N) is 1. The lowest BCUT2D eigenvalue weighted by Crippen LogP contribution is -2.46. The molecule has 7 nitrogen and oxygen atoms in total. The van der Waals surface area contributed by atoms with Gasteiger partial charge in [0.1, 0.15) is 11.6 Å². The molecule has 0 radical (unpaired) electrons. The molecule has 0 aromatic heterocycles. The molecule has 2 saturated heterocycles. The van der Waals surface area contributed by atoms with Gasteiger partial charge in [-0.1, -0.05) is 6.07 Å². The molecule has 4 rings (SSSR count). The zero-order valence-electron chi connectivity index (χ0n) is 21.1. The zero-order valence-corrected chi connectivity index (χ0v) is 21.1. The number of carbonyl (C=O) groups excluding carboxylic acids is 2. The van der Waals surface area contributed by atoms with E-state index >= 15 is 0 Å². The number of nitrogens with one attached hydrogen (secondary N) is 1. The number of likely N-dealkylation sites (tertiary alicyclic amines) is 1. The van der Waals surface area contributed by atoms with Gasteiger partial charge in [-0.2, -0.15) is 0 Å². The van der Waals surface area contributed by atoms with Crippen molar-refractivity contribution in [2.45, 2.75) is 50.5 Å². The maximum absolute atomic E-state index is 13.2. The molecule has 0 aliphatic carbocycles. The molecule has 2 aromatic carbocycles. The van der Waals surface area contributed by atoms with Crippen LogP contribution in [0.15, 0.2) is 42.5 Å². The summed E-state index contributed by atoms with van der Waals surface area (Å²) >= 11 is 0. The second-order valence-electron chi connectivity index (χ2n) is 9.81. The molecule has 2 aromatic rings. The van der Waals surface area contributed by atoms with Crippen molar-refractivity contribution in [3.8, 4) is 17.2 Å². The van der Waals surface area contributed by atoms with Crippen molar-refractivity contribution in [1.29, 1.82) is 0 Å². The molecular formula is C28H35FN2O5. The van der Waals surface area contributed by atoms with Gasteiger partial charge in [-0.25, -0.2) is 4.39 Å². The summed E-state index contributed by atoms with van der Waals surface area (Å²) in [7, 11) is 3.20. The van der Waals surface area contributed by atoms with Crippen molar-refractivity contribution in [1.82, 2.24) is 10.2 Å². The molecule has 2 heterocycles. The van der Waals surface area contributed by atoms with Gasteiger partial charge in [0.25, 0.3) is 0 Å². The van der Waals surface area contributed by atoms with E-state index in [1.807, 2.05) is 23.1 Å². The Morgan fingerprint density at radius 3 is 2.61 bits per heavy atom. The fraction of sp³-hybridized carbons (Fsp3) is 0.500. The number of rotatable bonds is 10. The average Bonchev–Trinajstić information content (AvgIpc) is 3.27. The number of methoxy groups -OCH3 is 2. The van der Waals surface area contributed by atoms with Crippen LogP contribution in [0, 0.1) is 11.7 Å². The Bertz CT molecular complexity index is 1060. The summed E-state index contributed by atoms with van der Waals surface area (Å²) in [6.45, 7) is 1.88. The first-order valence-electron chi connectivity index (χ1n) is 12.6. The molecule has 194 valence electrons. The Morgan fingerprint density at radius 1 is 1.14 bits per heavy atom. The van der Waals surface area contributed by atoms with E-state index in [-0.39, 0.29) is 23.5 Å². The summed E-state index contributed by atoms with van der Waals surface area (Å²) in [5.74, 6) is 2.01. The van der Waals surface area contributed by atoms with Crippen LogP contribution >= 0.6 is 0 Å². The summed E-state index contributed by atoms with van der Waals surface area (Å²) < 4.78 is 29.7. The summed E-state index contributed by atoms with van der Waals surface area (Å²) in [5.41, 5.74) is 0.575. The van der Waals surface area contributed by atoms with Crippen molar-refractivity contribution >= 4 is 11.8 Å². The molecule has 2 amide bonds. The third-order valence-corrected chi connectivity index (χ3v) is 7.21. The van der Waals surface area contributed by atoms with Crippen molar-refractivity contribution in [3.05, 3.63) is 53.8 Å². The van der Waals surface area contributed by atoms with E-state index in [0.717, 1.165) is 24.9 Å². The number of hydrogen-bond donors (Lipinski definition) is 1. The van der Waals surface area contributed by atoms with E-state index in [2.05, 4.69) is 5.32 Å². The number of hydrogen-bond acceptors (Lipinski definition) is 5. The highest BCUT2D eigenvalue weighted by molar-refractivity contribution is 5.80. The van der Waals surface area contributed by atoms with Gasteiger partial charge >= 0.3 is 0 Å². The second kappa shape index (κ2) is 11.6. The molecule has 2 aliphatic rings. The first-order valence-corrected chi connectivity index (χ1v) is 12.6. The Labute approximate surface area is 211 Å². The Morgan fingerprint density at radius 2 is 1.92 bits per heavy atom. The summed E-state index contributed by atoms with van der Waals surface area (Å²) in [4.78, 5) is 27.3. The van der Waals surface area contributed by atoms with E-state index < -0.39 is 5.54 Å². The maximum atomic E-state index is 13.2. The first-order chi connectivity index (χ1) is 17.4. The fourth-order valence-corrected chi connectivity index (χ4v) is 5.24. The number of carbonyl (C=O) groups is 2. The SMILES string of the molecule is COc1ccc(C[C@@]2(CCC(=O)N3CCC[C@H](COc4ccc(F)cc4)C3)CCC(=O)N2)cc1OC. The highest BCUT2D eigenvalue weighted by atomic mass is 19.1. The molecular weight excluding hydrogens is 463 g/mol. The summed E-state index contributed by atoms with van der Waals surface area (Å²) in [5, 5.41) is 3.16. The normalized spacial score (nSPS) is 21.7. The van der Waals surface area contributed by atoms with Gasteiger partial charge in [-0.3, -0.25) is 9.59 Å². The average molecular weight is 499 g/mol. The number of halogens is 1. The largest absolute Gasteiger partial charge is 0.493 e. The predicted molar refractivity (Wildman–Crippen MR) is 134 cm³/mol. The van der Waals surface area contributed by atoms with E-state index in [0.29, 0.717) is 62.5 Å². The van der Waals surface area contributed by atoms with Crippen LogP contribution in [0.1, 0.15) is 44.1 Å². The standard InChI is InChI=1S/C28H35FN2O5/c1-34-24-10-5-20(16-25(24)35-2)17-28(13-11-26(32)30-28)14-12-27(33)31-15-3-4-21(18-31)19-36-23-8-6-22(29)7-9-23/h5-10,16,21H,3-4,11-15,17-19H2,1-2H3,(H,30,32)/t21-,28-/m0/s1. The Kier molecular flexibility index (Phi) is 8.33. The van der Waals surface area contributed by atoms with E-state index in [1.165, 1.54) is 12.1 Å². The van der Waals surface area contributed by atoms with E-state index in [4.69, 9.17) is 14.2 Å². The van der Waals surface area contributed by atoms with E-state index in [9.17, 15) is 14.0 Å².